The average molecular weight is 376 g/mol. The SMILES string of the molecule is O=C1c2ccccc2C(=O)c2cc3c4cc(cc3cc21)OB(c1ccccc1)O4. The van der Waals surface area contributed by atoms with Gasteiger partial charge >= 0.3 is 7.12 Å². The lowest BCUT2D eigenvalue weighted by molar-refractivity contribution is 0.0979. The van der Waals surface area contributed by atoms with E-state index in [1.807, 2.05) is 42.5 Å². The monoisotopic (exact) mass is 376 g/mol. The zero-order valence-electron chi connectivity index (χ0n) is 15.2. The summed E-state index contributed by atoms with van der Waals surface area (Å²) < 4.78 is 12.1. The van der Waals surface area contributed by atoms with Gasteiger partial charge in [0.15, 0.2) is 11.6 Å². The summed E-state index contributed by atoms with van der Waals surface area (Å²) in [6.45, 7) is 0. The Hall–Kier alpha value is -3.86. The van der Waals surface area contributed by atoms with Crippen molar-refractivity contribution >= 4 is 34.9 Å². The minimum atomic E-state index is -0.551. The first-order valence-corrected chi connectivity index (χ1v) is 9.37. The Morgan fingerprint density at radius 2 is 1.28 bits per heavy atom. The number of benzene rings is 4. The third-order valence-electron chi connectivity index (χ3n) is 5.48. The molecule has 136 valence electrons. The fourth-order valence-electron chi connectivity index (χ4n) is 4.07. The quantitative estimate of drug-likeness (QED) is 0.418. The fourth-order valence-corrected chi connectivity index (χ4v) is 4.07. The van der Waals surface area contributed by atoms with E-state index >= 15 is 0 Å². The van der Waals surface area contributed by atoms with Gasteiger partial charge in [0.2, 0.25) is 0 Å². The molecule has 2 bridgehead atoms. The number of carbonyl (C=O) groups excluding carboxylic acids is 2. The van der Waals surface area contributed by atoms with Crippen molar-refractivity contribution in [2.75, 3.05) is 0 Å². The molecule has 0 spiro atoms. The van der Waals surface area contributed by atoms with E-state index in [0.717, 1.165) is 16.2 Å². The van der Waals surface area contributed by atoms with Gasteiger partial charge in [-0.15, -0.1) is 0 Å². The molecule has 6 rings (SSSR count). The fraction of sp³-hybridized carbons (Fsp3) is 0. The molecule has 0 saturated carbocycles. The zero-order chi connectivity index (χ0) is 19.5. The normalized spacial score (nSPS) is 14.1. The number of ketones is 2. The Balaban J connectivity index is 1.52. The molecule has 4 aromatic carbocycles. The first kappa shape index (κ1) is 16.1. The first-order valence-electron chi connectivity index (χ1n) is 9.37. The highest BCUT2D eigenvalue weighted by Gasteiger charge is 2.33. The number of fused-ring (bicyclic) bond motifs is 6. The molecule has 5 heteroatoms. The van der Waals surface area contributed by atoms with Gasteiger partial charge in [0.25, 0.3) is 0 Å². The summed E-state index contributed by atoms with van der Waals surface area (Å²) in [6.07, 6.45) is 0. The molecule has 0 unspecified atom stereocenters. The maximum Gasteiger partial charge on any atom is 0.632 e. The van der Waals surface area contributed by atoms with Crippen LogP contribution in [0.25, 0.3) is 10.8 Å². The van der Waals surface area contributed by atoms with Gasteiger partial charge in [0.1, 0.15) is 11.5 Å². The molecule has 2 aliphatic rings. The van der Waals surface area contributed by atoms with E-state index in [1.54, 1.807) is 36.4 Å². The molecule has 1 heterocycles. The molecule has 4 nitrogen and oxygen atoms in total. The summed E-state index contributed by atoms with van der Waals surface area (Å²) >= 11 is 0. The van der Waals surface area contributed by atoms with Crippen molar-refractivity contribution in [3.8, 4) is 11.5 Å². The maximum atomic E-state index is 13.0. The smallest absolute Gasteiger partial charge is 0.522 e. The Morgan fingerprint density at radius 3 is 2.00 bits per heavy atom. The topological polar surface area (TPSA) is 52.6 Å². The molecule has 1 aliphatic carbocycles. The van der Waals surface area contributed by atoms with E-state index in [1.165, 1.54) is 0 Å². The van der Waals surface area contributed by atoms with Gasteiger partial charge in [0, 0.05) is 39.2 Å². The second-order valence-electron chi connectivity index (χ2n) is 7.22. The molecule has 0 N–H and O–H groups in total. The predicted molar refractivity (Wildman–Crippen MR) is 110 cm³/mol. The highest BCUT2D eigenvalue weighted by atomic mass is 16.6. The largest absolute Gasteiger partial charge is 0.632 e. The molecule has 0 amide bonds. The summed E-state index contributed by atoms with van der Waals surface area (Å²) in [4.78, 5) is 26.0. The molecule has 0 saturated heterocycles. The second kappa shape index (κ2) is 5.82. The minimum absolute atomic E-state index is 0.134. The van der Waals surface area contributed by atoms with Crippen molar-refractivity contribution in [2.45, 2.75) is 0 Å². The van der Waals surface area contributed by atoms with Crippen molar-refractivity contribution in [1.29, 1.82) is 0 Å². The van der Waals surface area contributed by atoms with Crippen LogP contribution in [0, 0.1) is 0 Å². The van der Waals surface area contributed by atoms with Crippen LogP contribution in [0.5, 0.6) is 11.5 Å². The highest BCUT2D eigenvalue weighted by Crippen LogP contribution is 2.38. The number of carbonyl (C=O) groups is 2. The Labute approximate surface area is 166 Å². The predicted octanol–water partition coefficient (Wildman–Crippen LogP) is 3.78. The number of hydrogen-bond acceptors (Lipinski definition) is 4. The van der Waals surface area contributed by atoms with E-state index < -0.39 is 7.12 Å². The number of hydrogen-bond donors (Lipinski definition) is 0. The van der Waals surface area contributed by atoms with Gasteiger partial charge in [-0.25, -0.2) is 0 Å². The van der Waals surface area contributed by atoms with E-state index in [-0.39, 0.29) is 11.6 Å². The maximum absolute atomic E-state index is 13.0. The van der Waals surface area contributed by atoms with Gasteiger partial charge < -0.3 is 9.31 Å². The van der Waals surface area contributed by atoms with Crippen molar-refractivity contribution in [3.63, 3.8) is 0 Å². The zero-order valence-corrected chi connectivity index (χ0v) is 15.2. The van der Waals surface area contributed by atoms with Gasteiger partial charge in [-0.2, -0.15) is 0 Å². The minimum Gasteiger partial charge on any atom is -0.522 e. The van der Waals surface area contributed by atoms with Crippen LogP contribution in [0.2, 0.25) is 0 Å². The molecule has 0 atom stereocenters. The van der Waals surface area contributed by atoms with Crippen molar-refractivity contribution in [1.82, 2.24) is 0 Å². The number of rotatable bonds is 1. The Kier molecular flexibility index (Phi) is 3.24. The van der Waals surface area contributed by atoms with Gasteiger partial charge in [-0.05, 0) is 23.6 Å². The summed E-state index contributed by atoms with van der Waals surface area (Å²) in [6, 6.07) is 23.9. The van der Waals surface area contributed by atoms with E-state index in [4.69, 9.17) is 9.31 Å². The van der Waals surface area contributed by atoms with Crippen LogP contribution < -0.4 is 14.8 Å². The first-order chi connectivity index (χ1) is 14.2. The summed E-state index contributed by atoms with van der Waals surface area (Å²) in [5.41, 5.74) is 2.64. The standard InChI is InChI=1S/C24H13BO4/c26-23-17-8-4-5-9-18(17)24(27)21-13-19-14(11-20(21)23)10-16-12-22(19)29-25(28-16)15-6-2-1-3-7-15/h1-13H. The lowest BCUT2D eigenvalue weighted by Crippen LogP contribution is -2.44. The van der Waals surface area contributed by atoms with Crippen LogP contribution in [-0.4, -0.2) is 18.7 Å². The molecule has 0 fully saturated rings. The van der Waals surface area contributed by atoms with Gasteiger partial charge in [-0.1, -0.05) is 54.6 Å². The van der Waals surface area contributed by atoms with Gasteiger partial charge in [-0.3, -0.25) is 9.59 Å². The van der Waals surface area contributed by atoms with Crippen LogP contribution in [0.4, 0.5) is 0 Å². The Bertz CT molecular complexity index is 1340. The molecular formula is C24H13BO4. The van der Waals surface area contributed by atoms with Crippen molar-refractivity contribution < 1.29 is 18.9 Å². The highest BCUT2D eigenvalue weighted by molar-refractivity contribution is 6.63. The van der Waals surface area contributed by atoms with Crippen LogP contribution in [0.3, 0.4) is 0 Å². The lowest BCUT2D eigenvalue weighted by atomic mass is 9.77. The summed E-state index contributed by atoms with van der Waals surface area (Å²) in [7, 11) is -0.551. The molecule has 29 heavy (non-hydrogen) atoms. The molecular weight excluding hydrogens is 363 g/mol. The van der Waals surface area contributed by atoms with Crippen LogP contribution in [-0.2, 0) is 0 Å². The third-order valence-corrected chi connectivity index (χ3v) is 5.48. The van der Waals surface area contributed by atoms with E-state index in [2.05, 4.69) is 0 Å². The third kappa shape index (κ3) is 2.34. The van der Waals surface area contributed by atoms with E-state index in [9.17, 15) is 9.59 Å². The lowest BCUT2D eigenvalue weighted by Gasteiger charge is -2.25. The van der Waals surface area contributed by atoms with Crippen LogP contribution in [0.1, 0.15) is 31.8 Å². The summed E-state index contributed by atoms with van der Waals surface area (Å²) in [5, 5.41) is 1.60. The molecule has 4 aromatic rings. The summed E-state index contributed by atoms with van der Waals surface area (Å²) in [5.74, 6) is 1.03. The molecule has 0 radical (unpaired) electrons. The van der Waals surface area contributed by atoms with Crippen molar-refractivity contribution in [3.05, 3.63) is 101 Å². The van der Waals surface area contributed by atoms with Crippen LogP contribution in [0.15, 0.2) is 78.9 Å². The average Bonchev–Trinajstić information content (AvgIpc) is 2.77. The molecule has 1 aliphatic heterocycles. The van der Waals surface area contributed by atoms with E-state index in [0.29, 0.717) is 33.8 Å². The van der Waals surface area contributed by atoms with Crippen molar-refractivity contribution in [2.24, 2.45) is 0 Å². The van der Waals surface area contributed by atoms with Gasteiger partial charge in [0.05, 0.1) is 0 Å². The molecule has 0 aromatic heterocycles. The Morgan fingerprint density at radius 1 is 0.621 bits per heavy atom. The second-order valence-corrected chi connectivity index (χ2v) is 7.22. The van der Waals surface area contributed by atoms with Crippen LogP contribution >= 0.6 is 0 Å².